The van der Waals surface area contributed by atoms with Gasteiger partial charge in [-0.2, -0.15) is 0 Å². The van der Waals surface area contributed by atoms with Crippen molar-refractivity contribution in [1.29, 1.82) is 0 Å². The molecule has 0 bridgehead atoms. The summed E-state index contributed by atoms with van der Waals surface area (Å²) in [4.78, 5) is 31.8. The molecule has 1 aliphatic heterocycles. The lowest BCUT2D eigenvalue weighted by atomic mass is 9.86. The van der Waals surface area contributed by atoms with Gasteiger partial charge in [-0.3, -0.25) is 9.59 Å². The van der Waals surface area contributed by atoms with Gasteiger partial charge in [0.25, 0.3) is 5.56 Å². The van der Waals surface area contributed by atoms with E-state index in [4.69, 9.17) is 9.47 Å². The first kappa shape index (κ1) is 19.7. The molecule has 1 atom stereocenters. The van der Waals surface area contributed by atoms with Gasteiger partial charge in [-0.05, 0) is 37.1 Å². The summed E-state index contributed by atoms with van der Waals surface area (Å²) in [7, 11) is 1.57. The van der Waals surface area contributed by atoms with Crippen LogP contribution in [0, 0.1) is 13.8 Å². The Kier molecular flexibility index (Phi) is 5.27. The standard InChI is InChI=1S/C23H23N3O4/c1-13-5-4-6-15(9-13)12-30-18-8-7-16(10-19(18)29-3)17-11-20(27)26-22-21(17)23(28)25-14(2)24-22/h4-10,17H,11-12H2,1-3H3,(H2,24,25,26,27,28)/t17-/m0/s1. The highest BCUT2D eigenvalue weighted by Crippen LogP contribution is 2.38. The van der Waals surface area contributed by atoms with Crippen LogP contribution in [0.2, 0.25) is 0 Å². The van der Waals surface area contributed by atoms with E-state index < -0.39 is 5.92 Å². The van der Waals surface area contributed by atoms with Crippen LogP contribution in [0.1, 0.15) is 40.4 Å². The van der Waals surface area contributed by atoms with Gasteiger partial charge in [-0.15, -0.1) is 0 Å². The van der Waals surface area contributed by atoms with Gasteiger partial charge in [0, 0.05) is 12.3 Å². The fraction of sp³-hybridized carbons (Fsp3) is 0.261. The van der Waals surface area contributed by atoms with Crippen molar-refractivity contribution < 1.29 is 14.3 Å². The van der Waals surface area contributed by atoms with Gasteiger partial charge in [0.05, 0.1) is 12.7 Å². The van der Waals surface area contributed by atoms with Gasteiger partial charge in [0.2, 0.25) is 5.91 Å². The largest absolute Gasteiger partial charge is 0.493 e. The third-order valence-electron chi connectivity index (χ3n) is 5.14. The molecule has 154 valence electrons. The molecule has 4 rings (SSSR count). The zero-order chi connectivity index (χ0) is 21.3. The molecule has 2 aromatic carbocycles. The number of amides is 1. The molecule has 7 nitrogen and oxygen atoms in total. The van der Waals surface area contributed by atoms with Crippen LogP contribution in [-0.2, 0) is 11.4 Å². The lowest BCUT2D eigenvalue weighted by molar-refractivity contribution is -0.116. The Morgan fingerprint density at radius 1 is 1.10 bits per heavy atom. The van der Waals surface area contributed by atoms with Crippen LogP contribution >= 0.6 is 0 Å². The van der Waals surface area contributed by atoms with E-state index in [1.165, 1.54) is 5.56 Å². The molecule has 0 saturated carbocycles. The molecule has 2 heterocycles. The van der Waals surface area contributed by atoms with Gasteiger partial charge in [-0.1, -0.05) is 35.9 Å². The number of nitrogens with one attached hydrogen (secondary N) is 2. The number of fused-ring (bicyclic) bond motifs is 1. The van der Waals surface area contributed by atoms with Crippen molar-refractivity contribution in [2.75, 3.05) is 12.4 Å². The summed E-state index contributed by atoms with van der Waals surface area (Å²) in [5, 5.41) is 2.70. The summed E-state index contributed by atoms with van der Waals surface area (Å²) in [5.41, 5.74) is 3.23. The fourth-order valence-electron chi connectivity index (χ4n) is 3.75. The van der Waals surface area contributed by atoms with Crippen molar-refractivity contribution >= 4 is 11.7 Å². The molecular formula is C23H23N3O4. The summed E-state index contributed by atoms with van der Waals surface area (Å²) in [5.74, 6) is 1.32. The number of hydrogen-bond donors (Lipinski definition) is 2. The molecule has 30 heavy (non-hydrogen) atoms. The third kappa shape index (κ3) is 3.91. The zero-order valence-electron chi connectivity index (χ0n) is 17.1. The second kappa shape index (κ2) is 8.02. The maximum Gasteiger partial charge on any atom is 0.256 e. The van der Waals surface area contributed by atoms with Crippen molar-refractivity contribution in [2.45, 2.75) is 32.8 Å². The highest BCUT2D eigenvalue weighted by molar-refractivity contribution is 5.94. The number of carbonyl (C=O) groups is 1. The number of benzene rings is 2. The van der Waals surface area contributed by atoms with E-state index in [-0.39, 0.29) is 17.9 Å². The summed E-state index contributed by atoms with van der Waals surface area (Å²) >= 11 is 0. The SMILES string of the molecule is COc1cc([C@@H]2CC(=O)Nc3nc(C)[nH]c(=O)c32)ccc1OCc1cccc(C)c1. The molecule has 3 aromatic rings. The summed E-state index contributed by atoms with van der Waals surface area (Å²) in [6.07, 6.45) is 0.160. The molecule has 0 fully saturated rings. The fourth-order valence-corrected chi connectivity index (χ4v) is 3.75. The Labute approximate surface area is 174 Å². The van der Waals surface area contributed by atoms with Crippen molar-refractivity contribution in [1.82, 2.24) is 9.97 Å². The number of H-pyrrole nitrogens is 1. The van der Waals surface area contributed by atoms with Crippen LogP contribution in [0.15, 0.2) is 47.3 Å². The number of nitrogens with zero attached hydrogens (tertiary/aromatic N) is 1. The molecule has 0 aliphatic carbocycles. The Morgan fingerprint density at radius 2 is 1.93 bits per heavy atom. The van der Waals surface area contributed by atoms with E-state index in [9.17, 15) is 9.59 Å². The number of ether oxygens (including phenoxy) is 2. The molecule has 0 unspecified atom stereocenters. The van der Waals surface area contributed by atoms with Crippen molar-refractivity contribution in [3.8, 4) is 11.5 Å². The molecule has 0 saturated heterocycles. The number of aryl methyl sites for hydroxylation is 2. The number of anilines is 1. The molecule has 2 N–H and O–H groups in total. The van der Waals surface area contributed by atoms with Crippen LogP contribution in [0.5, 0.6) is 11.5 Å². The van der Waals surface area contributed by atoms with Crippen LogP contribution in [-0.4, -0.2) is 23.0 Å². The quantitative estimate of drug-likeness (QED) is 0.678. The van der Waals surface area contributed by atoms with Crippen molar-refractivity contribution in [2.24, 2.45) is 0 Å². The molecule has 1 amide bonds. The lowest BCUT2D eigenvalue weighted by Gasteiger charge is -2.25. The van der Waals surface area contributed by atoms with Gasteiger partial charge < -0.3 is 19.8 Å². The minimum absolute atomic E-state index is 0.160. The van der Waals surface area contributed by atoms with Crippen LogP contribution in [0.3, 0.4) is 0 Å². The average molecular weight is 405 g/mol. The molecular weight excluding hydrogens is 382 g/mol. The lowest BCUT2D eigenvalue weighted by Crippen LogP contribution is -2.31. The third-order valence-corrected chi connectivity index (χ3v) is 5.14. The first-order valence-corrected chi connectivity index (χ1v) is 9.71. The first-order chi connectivity index (χ1) is 14.4. The normalized spacial score (nSPS) is 15.3. The van der Waals surface area contributed by atoms with Crippen LogP contribution < -0.4 is 20.3 Å². The second-order valence-electron chi connectivity index (χ2n) is 7.41. The maximum atomic E-state index is 12.6. The number of aromatic amines is 1. The van der Waals surface area contributed by atoms with E-state index in [1.54, 1.807) is 14.0 Å². The molecule has 0 spiro atoms. The first-order valence-electron chi connectivity index (χ1n) is 9.71. The van der Waals surface area contributed by atoms with Gasteiger partial charge in [-0.25, -0.2) is 4.98 Å². The van der Waals surface area contributed by atoms with E-state index >= 15 is 0 Å². The Bertz CT molecular complexity index is 1170. The smallest absolute Gasteiger partial charge is 0.256 e. The highest BCUT2D eigenvalue weighted by Gasteiger charge is 2.31. The minimum Gasteiger partial charge on any atom is -0.493 e. The Morgan fingerprint density at radius 3 is 2.70 bits per heavy atom. The predicted molar refractivity (Wildman–Crippen MR) is 113 cm³/mol. The van der Waals surface area contributed by atoms with Crippen LogP contribution in [0.4, 0.5) is 5.82 Å². The van der Waals surface area contributed by atoms with Crippen LogP contribution in [0.25, 0.3) is 0 Å². The van der Waals surface area contributed by atoms with Gasteiger partial charge in [0.1, 0.15) is 18.2 Å². The highest BCUT2D eigenvalue weighted by atomic mass is 16.5. The average Bonchev–Trinajstić information content (AvgIpc) is 2.71. The molecule has 1 aliphatic rings. The van der Waals surface area contributed by atoms with Crippen molar-refractivity contribution in [3.63, 3.8) is 0 Å². The summed E-state index contributed by atoms with van der Waals surface area (Å²) < 4.78 is 11.5. The Hall–Kier alpha value is -3.61. The molecule has 0 radical (unpaired) electrons. The maximum absolute atomic E-state index is 12.6. The number of rotatable bonds is 5. The summed E-state index contributed by atoms with van der Waals surface area (Å²) in [6, 6.07) is 13.6. The zero-order valence-corrected chi connectivity index (χ0v) is 17.1. The molecule has 1 aromatic heterocycles. The second-order valence-corrected chi connectivity index (χ2v) is 7.41. The Balaban J connectivity index is 1.65. The number of carbonyl (C=O) groups excluding carboxylic acids is 1. The van der Waals surface area contributed by atoms with Crippen molar-refractivity contribution in [3.05, 3.63) is 80.9 Å². The van der Waals surface area contributed by atoms with Gasteiger partial charge >= 0.3 is 0 Å². The predicted octanol–water partition coefficient (Wildman–Crippen LogP) is 3.45. The summed E-state index contributed by atoms with van der Waals surface area (Å²) in [6.45, 7) is 4.13. The number of methoxy groups -OCH3 is 1. The monoisotopic (exact) mass is 405 g/mol. The van der Waals surface area contributed by atoms with E-state index in [1.807, 2.05) is 43.3 Å². The number of aromatic nitrogens is 2. The number of hydrogen-bond acceptors (Lipinski definition) is 5. The topological polar surface area (TPSA) is 93.3 Å². The van der Waals surface area contributed by atoms with E-state index in [0.29, 0.717) is 35.3 Å². The minimum atomic E-state index is -0.412. The van der Waals surface area contributed by atoms with Gasteiger partial charge in [0.15, 0.2) is 11.5 Å². The molecule has 7 heteroatoms. The van der Waals surface area contributed by atoms with E-state index in [0.717, 1.165) is 11.1 Å². The van der Waals surface area contributed by atoms with E-state index in [2.05, 4.69) is 21.4 Å².